The lowest BCUT2D eigenvalue weighted by Crippen LogP contribution is -2.61. The van der Waals surface area contributed by atoms with Crippen molar-refractivity contribution in [3.05, 3.63) is 184 Å². The van der Waals surface area contributed by atoms with Gasteiger partial charge in [-0.1, -0.05) is 58.4 Å². The summed E-state index contributed by atoms with van der Waals surface area (Å²) in [5.41, 5.74) is 18.5. The number of anilines is 2. The molecule has 136 heavy (non-hydrogen) atoms. The van der Waals surface area contributed by atoms with Crippen molar-refractivity contribution in [1.82, 2.24) is 47.0 Å². The second-order valence-electron chi connectivity index (χ2n) is 36.0. The van der Waals surface area contributed by atoms with Gasteiger partial charge in [-0.25, -0.2) is 4.79 Å². The number of aromatic hydroxyl groups is 5. The third-order valence-electron chi connectivity index (χ3n) is 26.3. The van der Waals surface area contributed by atoms with Gasteiger partial charge in [0, 0.05) is 96.4 Å². The fraction of sp³-hybridized carbons (Fsp3) is 0.417. The number of aliphatic imine (C=N–C) groups is 1. The van der Waals surface area contributed by atoms with Crippen molar-refractivity contribution in [3.8, 4) is 51.7 Å². The number of likely N-dealkylation sites (tertiary alicyclic amines) is 2. The number of carboxylic acids is 1. The molecule has 720 valence electrons. The highest BCUT2D eigenvalue weighted by Crippen LogP contribution is 2.62. The van der Waals surface area contributed by atoms with Crippen LogP contribution in [0.25, 0.3) is 0 Å². The number of nitrogens with one attached hydrogen (secondary N) is 12. The molecule has 2 saturated heterocycles. The van der Waals surface area contributed by atoms with Crippen molar-refractivity contribution in [3.63, 3.8) is 0 Å². The van der Waals surface area contributed by atoms with Gasteiger partial charge in [-0.2, -0.15) is 0 Å². The molecule has 40 heteroatoms. The average molecular weight is 1900 g/mol. The van der Waals surface area contributed by atoms with Gasteiger partial charge >= 0.3 is 5.97 Å². The summed E-state index contributed by atoms with van der Waals surface area (Å²) in [6.07, 6.45) is -0.957. The number of aliphatic carboxylic acids is 1. The number of guanidine groups is 1. The van der Waals surface area contributed by atoms with Crippen molar-refractivity contribution in [1.29, 1.82) is 16.2 Å². The summed E-state index contributed by atoms with van der Waals surface area (Å²) in [5.74, 6) is -10.5. The number of fused-ring (bicyclic) bond motifs is 12. The monoisotopic (exact) mass is 1900 g/mol. The Bertz CT molecular complexity index is 5750. The van der Waals surface area contributed by atoms with E-state index in [0.717, 1.165) is 0 Å². The highest BCUT2D eigenvalue weighted by atomic mass is 32.1. The molecule has 2 spiro atoms. The number of ether oxygens (including phenoxy) is 4. The largest absolute Gasteiger partial charge is 0.508 e. The minimum Gasteiger partial charge on any atom is -0.508 e. The van der Waals surface area contributed by atoms with Gasteiger partial charge < -0.3 is 124 Å². The van der Waals surface area contributed by atoms with Gasteiger partial charge in [-0.3, -0.25) is 64.4 Å². The molecule has 14 rings (SSSR count). The molecule has 24 N–H and O–H groups in total. The molecule has 0 radical (unpaired) electrons. The summed E-state index contributed by atoms with van der Waals surface area (Å²) in [6.45, 7) is 6.94. The Morgan fingerprint density at radius 2 is 0.949 bits per heavy atom. The van der Waals surface area contributed by atoms with Crippen LogP contribution in [0.2, 0.25) is 0 Å². The van der Waals surface area contributed by atoms with Crippen molar-refractivity contribution >= 4 is 118 Å². The van der Waals surface area contributed by atoms with E-state index >= 15 is 33.6 Å². The van der Waals surface area contributed by atoms with Gasteiger partial charge in [0.05, 0.1) is 5.84 Å². The molecule has 11 atom stereocenters. The molecule has 7 aromatic rings. The van der Waals surface area contributed by atoms with Gasteiger partial charge in [0.25, 0.3) is 11.8 Å². The topological polar surface area (TPSA) is 606 Å². The number of rotatable bonds is 35. The second-order valence-corrected chi connectivity index (χ2v) is 36.9. The molecule has 0 bridgehead atoms. The van der Waals surface area contributed by atoms with Gasteiger partial charge in [-0.15, -0.1) is 25.3 Å². The first-order valence-corrected chi connectivity index (χ1v) is 46.4. The van der Waals surface area contributed by atoms with E-state index < -0.39 is 143 Å². The van der Waals surface area contributed by atoms with Crippen LogP contribution in [-0.2, 0) is 75.0 Å². The molecule has 7 aromatic carbocycles. The zero-order chi connectivity index (χ0) is 97.5. The lowest BCUT2D eigenvalue weighted by atomic mass is 9.77. The highest BCUT2D eigenvalue weighted by Gasteiger charge is 2.58. The number of carbonyl (C=O) groups excluding carboxylic acids is 9. The molecule has 38 nitrogen and oxygen atoms in total. The maximum Gasteiger partial charge on any atom is 0.326 e. The second kappa shape index (κ2) is 42.0. The quantitative estimate of drug-likeness (QED) is 0.00779. The Morgan fingerprint density at radius 1 is 0.500 bits per heavy atom. The molecule has 1 saturated carbocycles. The van der Waals surface area contributed by atoms with E-state index in [1.165, 1.54) is 82.6 Å². The summed E-state index contributed by atoms with van der Waals surface area (Å²) >= 11 is 8.37. The molecule has 9 amide bonds. The van der Waals surface area contributed by atoms with Gasteiger partial charge in [-0.05, 0) is 220 Å². The number of phenolic OH excluding ortho intramolecular Hbond substituents is 5. The Balaban J connectivity index is 0.747. The fourth-order valence-electron chi connectivity index (χ4n) is 19.5. The third-order valence-corrected chi connectivity index (χ3v) is 26.5. The van der Waals surface area contributed by atoms with E-state index in [4.69, 9.17) is 52.4 Å². The molecule has 7 aliphatic rings. The first-order valence-electron chi connectivity index (χ1n) is 45.5. The van der Waals surface area contributed by atoms with E-state index in [-0.39, 0.29) is 201 Å². The first kappa shape index (κ1) is 98.1. The average Bonchev–Trinajstić information content (AvgIpc) is 1.53. The number of carboxylic acid groups (broad SMARTS) is 1. The van der Waals surface area contributed by atoms with Crippen LogP contribution in [0.15, 0.2) is 138 Å². The smallest absolute Gasteiger partial charge is 0.326 e. The van der Waals surface area contributed by atoms with Crippen molar-refractivity contribution < 1.29 is 97.5 Å². The predicted molar refractivity (Wildman–Crippen MR) is 507 cm³/mol. The number of amides is 9. The van der Waals surface area contributed by atoms with Crippen LogP contribution >= 0.6 is 25.3 Å². The zero-order valence-electron chi connectivity index (χ0n) is 75.3. The Labute approximate surface area is 794 Å². The van der Waals surface area contributed by atoms with E-state index in [0.29, 0.717) is 75.1 Å². The predicted octanol–water partition coefficient (Wildman–Crippen LogP) is 7.80. The number of hydrogen-bond donors (Lipinski definition) is 23. The van der Waals surface area contributed by atoms with Crippen LogP contribution in [0.5, 0.6) is 51.7 Å². The number of thiol groups is 2. The maximum absolute atomic E-state index is 16.2. The Kier molecular flexibility index (Phi) is 30.3. The van der Waals surface area contributed by atoms with Crippen LogP contribution in [0.4, 0.5) is 11.4 Å². The molecule has 3 fully saturated rings. The number of benzene rings is 7. The van der Waals surface area contributed by atoms with Crippen LogP contribution in [0.1, 0.15) is 186 Å². The zero-order valence-corrected chi connectivity index (χ0v) is 77.1. The number of phenols is 5. The minimum absolute atomic E-state index is 0.00983. The third kappa shape index (κ3) is 21.3. The van der Waals surface area contributed by atoms with Gasteiger partial charge in [0.15, 0.2) is 39.7 Å². The molecule has 2 unspecified atom stereocenters. The van der Waals surface area contributed by atoms with Crippen LogP contribution in [-0.4, -0.2) is 196 Å². The van der Waals surface area contributed by atoms with E-state index in [1.807, 2.05) is 0 Å². The van der Waals surface area contributed by atoms with Crippen LogP contribution < -0.4 is 74.5 Å². The SMILES string of the molecule is CC[C@H](C)[C@H](NC(=O)[C@H](Cc1ccc(O)cc1)NC(=O)[C@@H]1CCCN1C(=O)[C@H](CCCN=C(N)N)NC(=O)[C@@H](NC(=O)[C@@H]1CCCN1C(=O)[C@H](CCCCNC(=O)C1OC2(c3ccc(O)cc3Oc3cc(O)ccc32)c2ccc(NC(=N)S)cc21)NC(=O)C1OC2(c3ccc(O)cc3Oc3cc(O)ccc32)c2ccc(NC(=N)S)cc21)C1CCC(C(=N)N)CC1)C(=O)N[C@@H](CC(C)C)C(=O)O. The lowest BCUT2D eigenvalue weighted by molar-refractivity contribution is -0.146. The summed E-state index contributed by atoms with van der Waals surface area (Å²) in [7, 11) is 0. The van der Waals surface area contributed by atoms with Crippen molar-refractivity contribution in [2.75, 3.05) is 36.8 Å². The highest BCUT2D eigenvalue weighted by molar-refractivity contribution is 7.97. The minimum atomic E-state index is -1.73. The summed E-state index contributed by atoms with van der Waals surface area (Å²) in [4.78, 5) is 157. The standard InChI is InChI=1S/C96H114N18O20S2/c1-5-48(4)77(85(123)110-70(91(129)130)39-47(2)3)111-82(120)69(40-49-15-23-54(115)24-16-49)109-83(121)71-13-9-37-113(71)90(128)68(12-8-36-104-92(99)100)107-86(124)78(50-17-19-51(20-18-50)81(97)98)112-84(122)72-14-10-38-114(72)89(127)67(108-88(126)80-60-42-53(106-94(102)136)22-30-62(60)96(134-80)65-33-27-57(118)45-75(65)132-76-46-58(119)28-34-66(76)96)11-6-7-35-103-87(125)79-59-41-52(105-93(101)135)21-29-61(59)95(133-79)63-31-25-55(116)43-73(63)131-74-44-56(117)26-32-64(74)95/h15-16,21-34,41-48,50-51,67-72,77-80,115-119H,5-14,17-20,35-40H2,1-4H3,(H3,97,98)(H,103,125)(H,107,124)(H,108,126)(H,109,121)(H,110,123)(H,111,120)(H,112,122)(H,129,130)(H4,99,100,104)(H3,101,105,135)(H3,102,106,136)/t48-,50?,51?,67-,68-,69-,70-,71-,72-,77-,78-,79?,80?/m0/s1. The van der Waals surface area contributed by atoms with Crippen molar-refractivity contribution in [2.24, 2.45) is 45.9 Å². The van der Waals surface area contributed by atoms with Crippen LogP contribution in [0.3, 0.4) is 0 Å². The molecule has 6 heterocycles. The normalized spacial score (nSPS) is 19.8. The van der Waals surface area contributed by atoms with E-state index in [9.17, 15) is 45.0 Å². The fourth-order valence-corrected chi connectivity index (χ4v) is 19.8. The van der Waals surface area contributed by atoms with E-state index in [2.05, 4.69) is 78.1 Å². The molecule has 1 aliphatic carbocycles. The summed E-state index contributed by atoms with van der Waals surface area (Å²) in [6, 6.07) is 22.4. The summed E-state index contributed by atoms with van der Waals surface area (Å²) < 4.78 is 26.8. The maximum atomic E-state index is 16.2. The molecule has 0 aromatic heterocycles. The van der Waals surface area contributed by atoms with Crippen LogP contribution in [0, 0.1) is 39.9 Å². The first-order chi connectivity index (χ1) is 64.9. The van der Waals surface area contributed by atoms with E-state index in [1.54, 1.807) is 88.4 Å². The molecular formula is C96H114N18O20S2. The Hall–Kier alpha value is -13.9. The Morgan fingerprint density at radius 3 is 1.41 bits per heavy atom. The van der Waals surface area contributed by atoms with Crippen molar-refractivity contribution in [2.45, 2.75) is 202 Å². The number of carbonyl (C=O) groups is 10. The van der Waals surface area contributed by atoms with Gasteiger partial charge in [0.1, 0.15) is 100 Å². The number of hydrogen-bond acceptors (Lipinski definition) is 23. The number of nitrogens with two attached hydrogens (primary N) is 3. The molecular weight excluding hydrogens is 1790 g/mol. The van der Waals surface area contributed by atoms with Gasteiger partial charge in [0.2, 0.25) is 41.4 Å². The summed E-state index contributed by atoms with van der Waals surface area (Å²) in [5, 5.41) is 114. The lowest BCUT2D eigenvalue weighted by Gasteiger charge is -2.38. The number of unbranched alkanes of at least 4 members (excludes halogenated alkanes) is 1. The number of amidine groups is 3. The molecule has 6 aliphatic heterocycles. The number of nitrogens with zero attached hydrogens (tertiary/aromatic N) is 3.